The summed E-state index contributed by atoms with van der Waals surface area (Å²) in [6, 6.07) is 0. The van der Waals surface area contributed by atoms with Gasteiger partial charge in [-0.3, -0.25) is 0 Å². The lowest BCUT2D eigenvalue weighted by Gasteiger charge is -2.00. The molecule has 0 bridgehead atoms. The second kappa shape index (κ2) is 2.35. The van der Waals surface area contributed by atoms with Crippen LogP contribution in [0.2, 0.25) is 0 Å². The van der Waals surface area contributed by atoms with Crippen LogP contribution in [0.1, 0.15) is 0 Å². The van der Waals surface area contributed by atoms with Crippen molar-refractivity contribution in [1.82, 2.24) is 0 Å². The van der Waals surface area contributed by atoms with E-state index in [9.17, 15) is 0 Å². The molecule has 1 aliphatic heterocycles. The van der Waals surface area contributed by atoms with E-state index >= 15 is 0 Å². The molecule has 0 saturated carbocycles. The number of rotatable bonds is 0. The fraction of sp³-hybridized carbons (Fsp3) is 0. The molecule has 1 saturated heterocycles. The molecular weight excluding hydrogens is 112 g/mol. The second-order valence-corrected chi connectivity index (χ2v) is 0.816. The first-order chi connectivity index (χ1) is 3.00. The molecule has 1 aliphatic rings. The molecule has 0 amide bonds. The monoisotopic (exact) mass is 112 g/mol. The van der Waals surface area contributed by atoms with Crippen LogP contribution in [0.4, 0.5) is 0 Å². The third-order valence-corrected chi connectivity index (χ3v) is 0.389. The minimum absolute atomic E-state index is 0.525. The Morgan fingerprint density at radius 3 is 1.67 bits per heavy atom. The zero-order chi connectivity index (χ0) is 4.24. The van der Waals surface area contributed by atoms with Crippen LogP contribution in [0.5, 0.6) is 0 Å². The average molecular weight is 112 g/mol. The first-order valence-electron chi connectivity index (χ1n) is 1.00. The predicted octanol–water partition coefficient (Wildman–Crippen LogP) is 0.306. The van der Waals surface area contributed by atoms with E-state index in [0.29, 0.717) is 12.3 Å². The molecule has 6 heavy (non-hydrogen) atoms. The van der Waals surface area contributed by atoms with Crippen molar-refractivity contribution in [2.75, 3.05) is 0 Å². The van der Waals surface area contributed by atoms with Gasteiger partial charge in [-0.15, -0.1) is 0 Å². The number of hydrogen-bond donors (Lipinski definition) is 0. The molecule has 0 spiro atoms. The summed E-state index contributed by atoms with van der Waals surface area (Å²) in [6.07, 6.45) is 0. The highest BCUT2D eigenvalue weighted by Gasteiger charge is 2.01. The minimum atomic E-state index is 0.525. The molecule has 1 rings (SSSR count). The van der Waals surface area contributed by atoms with E-state index in [1.165, 1.54) is 0 Å². The lowest BCUT2D eigenvalue weighted by Crippen LogP contribution is -1.98. The highest BCUT2D eigenvalue weighted by atomic mass is 32.2. The zero-order valence-corrected chi connectivity index (χ0v) is 3.27. The summed E-state index contributed by atoms with van der Waals surface area (Å²) in [4.78, 5) is 0. The van der Waals surface area contributed by atoms with Gasteiger partial charge in [0.1, 0.15) is 0 Å². The van der Waals surface area contributed by atoms with Gasteiger partial charge >= 0.3 is 0 Å². The Morgan fingerprint density at radius 1 is 0.833 bits per heavy atom. The Kier molecular flexibility index (Phi) is 1.69. The Balaban J connectivity index is 2.00. The van der Waals surface area contributed by atoms with Crippen LogP contribution in [0, 0.1) is 0 Å². The Morgan fingerprint density at radius 2 is 1.50 bits per heavy atom. The molecule has 0 unspecified atom stereocenters. The Bertz CT molecular complexity index is 19.4. The summed E-state index contributed by atoms with van der Waals surface area (Å²) < 4.78 is 7.83. The molecule has 1 heterocycles. The molecule has 0 atom stereocenters. The molecule has 5 nitrogen and oxygen atoms in total. The van der Waals surface area contributed by atoms with Crippen molar-refractivity contribution in [1.29, 1.82) is 0 Å². The van der Waals surface area contributed by atoms with Crippen molar-refractivity contribution < 1.29 is 23.8 Å². The van der Waals surface area contributed by atoms with Crippen molar-refractivity contribution in [3.8, 4) is 0 Å². The molecule has 0 aromatic carbocycles. The van der Waals surface area contributed by atoms with Gasteiger partial charge in [-0.1, -0.05) is 8.67 Å². The molecule has 36 valence electrons. The van der Waals surface area contributed by atoms with Gasteiger partial charge in [-0.05, 0) is 15.1 Å². The van der Waals surface area contributed by atoms with E-state index in [0.717, 1.165) is 0 Å². The molecule has 0 aromatic heterocycles. The first kappa shape index (κ1) is 4.31. The van der Waals surface area contributed by atoms with Crippen LogP contribution < -0.4 is 0 Å². The van der Waals surface area contributed by atoms with Gasteiger partial charge in [0.2, 0.25) is 12.3 Å². The van der Waals surface area contributed by atoms with E-state index in [-0.39, 0.29) is 0 Å². The summed E-state index contributed by atoms with van der Waals surface area (Å²) in [7, 11) is 0. The smallest absolute Gasteiger partial charge is 0.0970 e. The maximum Gasteiger partial charge on any atom is 0.235 e. The van der Waals surface area contributed by atoms with E-state index < -0.39 is 0 Å². The Hall–Kier alpha value is 0.150. The Labute approximate surface area is 37.2 Å². The summed E-state index contributed by atoms with van der Waals surface area (Å²) >= 11 is 0.525. The lowest BCUT2D eigenvalue weighted by molar-refractivity contribution is -0.691. The average Bonchev–Trinajstić information content (AvgIpc) is 1.72. The van der Waals surface area contributed by atoms with Gasteiger partial charge < -0.3 is 0 Å². The van der Waals surface area contributed by atoms with Gasteiger partial charge in [-0.25, -0.2) is 0 Å². The third-order valence-electron chi connectivity index (χ3n) is 0.167. The highest BCUT2D eigenvalue weighted by molar-refractivity contribution is 7.89. The van der Waals surface area contributed by atoms with Crippen LogP contribution in [0.3, 0.4) is 0 Å². The van der Waals surface area contributed by atoms with Crippen LogP contribution >= 0.6 is 12.3 Å². The van der Waals surface area contributed by atoms with Crippen molar-refractivity contribution in [3.05, 3.63) is 0 Å². The predicted molar refractivity (Wildman–Crippen MR) is 13.0 cm³/mol. The van der Waals surface area contributed by atoms with Crippen molar-refractivity contribution in [2.45, 2.75) is 0 Å². The molecule has 0 radical (unpaired) electrons. The van der Waals surface area contributed by atoms with Crippen molar-refractivity contribution in [2.24, 2.45) is 0 Å². The molecule has 0 N–H and O–H groups in total. The highest BCUT2D eigenvalue weighted by Crippen LogP contribution is 2.11. The van der Waals surface area contributed by atoms with E-state index in [2.05, 4.69) is 23.8 Å². The zero-order valence-electron chi connectivity index (χ0n) is 2.45. The van der Waals surface area contributed by atoms with Crippen LogP contribution in [-0.4, -0.2) is 0 Å². The second-order valence-electron chi connectivity index (χ2n) is 0.408. The van der Waals surface area contributed by atoms with Crippen molar-refractivity contribution in [3.63, 3.8) is 0 Å². The van der Waals surface area contributed by atoms with Gasteiger partial charge in [0.05, 0.1) is 0 Å². The summed E-state index contributed by atoms with van der Waals surface area (Å²) in [5.41, 5.74) is 0. The van der Waals surface area contributed by atoms with Crippen molar-refractivity contribution >= 4 is 12.3 Å². The van der Waals surface area contributed by atoms with Crippen LogP contribution in [-0.2, 0) is 23.8 Å². The minimum Gasteiger partial charge on any atom is -0.0970 e. The summed E-state index contributed by atoms with van der Waals surface area (Å²) in [6.45, 7) is 0. The fourth-order valence-corrected chi connectivity index (χ4v) is 0.181. The third kappa shape index (κ3) is 1.09. The lowest BCUT2D eigenvalue weighted by atomic mass is 14.2. The maximum absolute atomic E-state index is 3.92. The molecule has 6 heteroatoms. The van der Waals surface area contributed by atoms with Gasteiger partial charge in [0.25, 0.3) is 0 Å². The van der Waals surface area contributed by atoms with E-state index in [1.807, 2.05) is 0 Å². The SMILES string of the molecule is O1OOSOO1. The standard InChI is InChI=1S/O5S/c1-2-4-6-5-3-1. The largest absolute Gasteiger partial charge is 0.235 e. The molecule has 0 aliphatic carbocycles. The summed E-state index contributed by atoms with van der Waals surface area (Å²) in [5, 5.41) is 11.0. The van der Waals surface area contributed by atoms with Gasteiger partial charge in [0.15, 0.2) is 0 Å². The van der Waals surface area contributed by atoms with Crippen LogP contribution in [0.15, 0.2) is 0 Å². The van der Waals surface area contributed by atoms with Gasteiger partial charge in [-0.2, -0.15) is 0 Å². The maximum atomic E-state index is 3.92. The molecular formula is O5S. The molecule has 0 aromatic rings. The van der Waals surface area contributed by atoms with Gasteiger partial charge in [0, 0.05) is 0 Å². The van der Waals surface area contributed by atoms with E-state index in [1.54, 1.807) is 0 Å². The quantitative estimate of drug-likeness (QED) is 0.332. The van der Waals surface area contributed by atoms with E-state index in [4.69, 9.17) is 0 Å². The van der Waals surface area contributed by atoms with Crippen LogP contribution in [0.25, 0.3) is 0 Å². The number of hydrogen-bond acceptors (Lipinski definition) is 6. The topological polar surface area (TPSA) is 46.2 Å². The molecule has 1 fully saturated rings. The first-order valence-corrected chi connectivity index (χ1v) is 1.67. The normalized spacial score (nSPS) is 24.0. The summed E-state index contributed by atoms with van der Waals surface area (Å²) in [5.74, 6) is 0. The fourth-order valence-electron chi connectivity index (χ4n) is 0.0680.